The molecule has 2 aliphatic rings. The van der Waals surface area contributed by atoms with E-state index >= 15 is 4.39 Å². The van der Waals surface area contributed by atoms with Crippen molar-refractivity contribution in [2.24, 2.45) is 0 Å². The number of imide groups is 2. The summed E-state index contributed by atoms with van der Waals surface area (Å²) in [6.45, 7) is 9.29. The highest BCUT2D eigenvalue weighted by atomic mass is 35.5. The number of hydrogen-bond donors (Lipinski definition) is 1. The highest BCUT2D eigenvalue weighted by Gasteiger charge is 2.39. The predicted octanol–water partition coefficient (Wildman–Crippen LogP) is 5.65. The summed E-state index contributed by atoms with van der Waals surface area (Å²) in [6.07, 6.45) is 3.03. The highest BCUT2D eigenvalue weighted by molar-refractivity contribution is 6.39. The molecule has 4 amide bonds. The van der Waals surface area contributed by atoms with E-state index in [0.29, 0.717) is 5.02 Å². The number of rotatable bonds is 4. The first kappa shape index (κ1) is 24.0. The van der Waals surface area contributed by atoms with Crippen LogP contribution in [0.2, 0.25) is 5.02 Å². The van der Waals surface area contributed by atoms with Gasteiger partial charge in [-0.2, -0.15) is 0 Å². The zero-order valence-corrected chi connectivity index (χ0v) is 20.4. The molecule has 4 rings (SSSR count). The highest BCUT2D eigenvalue weighted by Crippen LogP contribution is 2.44. The number of carbonyl (C=O) groups is 3. The van der Waals surface area contributed by atoms with E-state index in [0.717, 1.165) is 35.5 Å². The maximum Gasteiger partial charge on any atom is 0.335 e. The number of urea groups is 1. The van der Waals surface area contributed by atoms with Gasteiger partial charge >= 0.3 is 6.03 Å². The van der Waals surface area contributed by atoms with E-state index in [1.807, 2.05) is 0 Å². The van der Waals surface area contributed by atoms with Gasteiger partial charge in [-0.1, -0.05) is 31.5 Å². The Morgan fingerprint density at radius 2 is 1.94 bits per heavy atom. The van der Waals surface area contributed by atoms with Crippen LogP contribution in [0, 0.1) is 5.82 Å². The van der Waals surface area contributed by atoms with Crippen molar-refractivity contribution < 1.29 is 18.8 Å². The van der Waals surface area contributed by atoms with Crippen molar-refractivity contribution in [2.45, 2.75) is 52.0 Å². The van der Waals surface area contributed by atoms with E-state index in [-0.39, 0.29) is 28.3 Å². The molecule has 0 spiro atoms. The summed E-state index contributed by atoms with van der Waals surface area (Å²) < 4.78 is 15.3. The van der Waals surface area contributed by atoms with Gasteiger partial charge < -0.3 is 4.90 Å². The largest absolute Gasteiger partial charge is 0.366 e. The van der Waals surface area contributed by atoms with Gasteiger partial charge in [0.1, 0.15) is 11.4 Å². The molecule has 1 unspecified atom stereocenters. The topological polar surface area (TPSA) is 69.7 Å². The van der Waals surface area contributed by atoms with Gasteiger partial charge in [-0.15, -0.1) is 0 Å². The molecule has 0 aliphatic carbocycles. The Bertz CT molecular complexity index is 1220. The second-order valence-corrected chi connectivity index (χ2v) is 9.88. The Kier molecular flexibility index (Phi) is 6.25. The second kappa shape index (κ2) is 8.87. The Morgan fingerprint density at radius 3 is 2.62 bits per heavy atom. The molecule has 0 saturated carbocycles. The second-order valence-electron chi connectivity index (χ2n) is 9.44. The van der Waals surface area contributed by atoms with Gasteiger partial charge in [-0.05, 0) is 74.6 Å². The maximum absolute atomic E-state index is 15.3. The fraction of sp³-hybridized carbons (Fsp3) is 0.346. The van der Waals surface area contributed by atoms with Crippen molar-refractivity contribution in [1.29, 1.82) is 0 Å². The number of nitrogens with zero attached hydrogens (tertiary/aromatic N) is 2. The van der Waals surface area contributed by atoms with Crippen molar-refractivity contribution >= 4 is 46.9 Å². The van der Waals surface area contributed by atoms with E-state index in [1.165, 1.54) is 24.3 Å². The lowest BCUT2D eigenvalue weighted by Gasteiger charge is -2.47. The summed E-state index contributed by atoms with van der Waals surface area (Å²) in [5.41, 5.74) is 1.69. The van der Waals surface area contributed by atoms with Crippen LogP contribution in [0.3, 0.4) is 0 Å². The molecule has 8 heteroatoms. The van der Waals surface area contributed by atoms with Crippen LogP contribution in [0.1, 0.15) is 57.6 Å². The standard InChI is InChI=1S/C26H27ClFN3O3/c1-5-9-30-22-13-21(28)16(10-19(22)15(2)14-26(30,3)4)11-20-23(32)29-25(34)31(24(20)33)18-8-6-7-17(27)12-18/h6-8,10-13,15H,5,9,14H2,1-4H3,(H,29,32,34)/b20-11-. The zero-order valence-electron chi connectivity index (χ0n) is 19.6. The molecule has 0 radical (unpaired) electrons. The predicted molar refractivity (Wildman–Crippen MR) is 132 cm³/mol. The van der Waals surface area contributed by atoms with Gasteiger partial charge in [-0.25, -0.2) is 14.1 Å². The lowest BCUT2D eigenvalue weighted by molar-refractivity contribution is -0.122. The van der Waals surface area contributed by atoms with E-state index in [9.17, 15) is 14.4 Å². The van der Waals surface area contributed by atoms with Crippen LogP contribution >= 0.6 is 11.6 Å². The fourth-order valence-corrected chi connectivity index (χ4v) is 5.13. The molecular weight excluding hydrogens is 457 g/mol. The van der Waals surface area contributed by atoms with Crippen molar-refractivity contribution in [3.8, 4) is 0 Å². The van der Waals surface area contributed by atoms with Crippen LogP contribution in [0.5, 0.6) is 0 Å². The molecule has 1 atom stereocenters. The van der Waals surface area contributed by atoms with Crippen LogP contribution in [0.4, 0.5) is 20.6 Å². The Balaban J connectivity index is 1.78. The number of carbonyl (C=O) groups excluding carboxylic acids is 3. The number of hydrogen-bond acceptors (Lipinski definition) is 4. The molecule has 2 aromatic rings. The minimum absolute atomic E-state index is 0.119. The van der Waals surface area contributed by atoms with Crippen LogP contribution in [-0.4, -0.2) is 29.9 Å². The third-order valence-corrected chi connectivity index (χ3v) is 6.65. The Labute approximate surface area is 203 Å². The summed E-state index contributed by atoms with van der Waals surface area (Å²) in [5, 5.41) is 2.49. The first-order valence-electron chi connectivity index (χ1n) is 11.3. The minimum atomic E-state index is -0.883. The molecule has 1 saturated heterocycles. The summed E-state index contributed by atoms with van der Waals surface area (Å²) in [5.74, 6) is -2.08. The van der Waals surface area contributed by atoms with Gasteiger partial charge in [0.05, 0.1) is 5.69 Å². The van der Waals surface area contributed by atoms with Crippen molar-refractivity contribution in [2.75, 3.05) is 16.3 Å². The van der Waals surface area contributed by atoms with Crippen molar-refractivity contribution in [1.82, 2.24) is 5.32 Å². The van der Waals surface area contributed by atoms with Gasteiger partial charge in [0.2, 0.25) is 0 Å². The molecule has 1 N–H and O–H groups in total. The summed E-state index contributed by atoms with van der Waals surface area (Å²) in [4.78, 5) is 41.2. The van der Waals surface area contributed by atoms with Crippen molar-refractivity contribution in [3.05, 3.63) is 63.9 Å². The normalized spacial score (nSPS) is 21.1. The molecule has 0 aromatic heterocycles. The Morgan fingerprint density at radius 1 is 1.21 bits per heavy atom. The number of benzene rings is 2. The maximum atomic E-state index is 15.3. The van der Waals surface area contributed by atoms with Gasteiger partial charge in [-0.3, -0.25) is 14.9 Å². The molecule has 1 fully saturated rings. The number of halogens is 2. The molecule has 2 aliphatic heterocycles. The molecular formula is C26H27ClFN3O3. The molecule has 2 heterocycles. The van der Waals surface area contributed by atoms with Crippen LogP contribution in [-0.2, 0) is 9.59 Å². The number of barbiturate groups is 1. The van der Waals surface area contributed by atoms with Crippen LogP contribution in [0.25, 0.3) is 6.08 Å². The fourth-order valence-electron chi connectivity index (χ4n) is 4.94. The van der Waals surface area contributed by atoms with E-state index in [1.54, 1.807) is 18.2 Å². The minimum Gasteiger partial charge on any atom is -0.366 e. The third-order valence-electron chi connectivity index (χ3n) is 6.42. The van der Waals surface area contributed by atoms with Gasteiger partial charge in [0.25, 0.3) is 11.8 Å². The average molecular weight is 484 g/mol. The SMILES string of the molecule is CCCN1c2cc(F)c(/C=C3/C(=O)NC(=O)N(c4cccc(Cl)c4)C3=O)cc2C(C)CC1(C)C. The lowest BCUT2D eigenvalue weighted by Crippen LogP contribution is -2.54. The van der Waals surface area contributed by atoms with E-state index in [2.05, 4.69) is 37.9 Å². The number of fused-ring (bicyclic) bond motifs is 1. The molecule has 0 bridgehead atoms. The van der Waals surface area contributed by atoms with Gasteiger partial charge in [0.15, 0.2) is 0 Å². The smallest absolute Gasteiger partial charge is 0.335 e. The average Bonchev–Trinajstić information content (AvgIpc) is 2.74. The summed E-state index contributed by atoms with van der Waals surface area (Å²) in [7, 11) is 0. The molecule has 6 nitrogen and oxygen atoms in total. The Hall–Kier alpha value is -3.19. The molecule has 34 heavy (non-hydrogen) atoms. The third kappa shape index (κ3) is 4.20. The summed E-state index contributed by atoms with van der Waals surface area (Å²) >= 11 is 6.01. The first-order chi connectivity index (χ1) is 16.0. The van der Waals surface area contributed by atoms with Crippen LogP contribution in [0.15, 0.2) is 42.0 Å². The van der Waals surface area contributed by atoms with E-state index in [4.69, 9.17) is 11.6 Å². The van der Waals surface area contributed by atoms with Crippen LogP contribution < -0.4 is 15.1 Å². The number of nitrogens with one attached hydrogen (secondary N) is 1. The number of anilines is 2. The summed E-state index contributed by atoms with van der Waals surface area (Å²) in [6, 6.07) is 8.48. The van der Waals surface area contributed by atoms with E-state index < -0.39 is 23.7 Å². The monoisotopic (exact) mass is 483 g/mol. The van der Waals surface area contributed by atoms with Crippen molar-refractivity contribution in [3.63, 3.8) is 0 Å². The quantitative estimate of drug-likeness (QED) is 0.451. The number of amides is 4. The van der Waals surface area contributed by atoms with Gasteiger partial charge in [0, 0.05) is 28.4 Å². The first-order valence-corrected chi connectivity index (χ1v) is 11.7. The molecule has 178 valence electrons. The zero-order chi connectivity index (χ0) is 24.8. The lowest BCUT2D eigenvalue weighted by atomic mass is 9.79. The molecule has 2 aromatic carbocycles.